The maximum Gasteiger partial charge on any atom is 0.0701 e. The monoisotopic (exact) mass is 504 g/mol. The van der Waals surface area contributed by atoms with Gasteiger partial charge in [-0.15, -0.1) is 0 Å². The third-order valence-corrected chi connectivity index (χ3v) is 7.28. The van der Waals surface area contributed by atoms with Crippen molar-refractivity contribution in [3.8, 4) is 0 Å². The van der Waals surface area contributed by atoms with Crippen molar-refractivity contribution in [1.82, 2.24) is 5.32 Å². The smallest absolute Gasteiger partial charge is 0.0701 e. The van der Waals surface area contributed by atoms with E-state index in [9.17, 15) is 0 Å². The third-order valence-electron chi connectivity index (χ3n) is 7.28. The summed E-state index contributed by atoms with van der Waals surface area (Å²) in [5.74, 6) is 0.635. The Bertz CT molecular complexity index is 1270. The molecule has 198 valence electrons. The summed E-state index contributed by atoms with van der Waals surface area (Å²) in [5.41, 5.74) is 16.0. The van der Waals surface area contributed by atoms with Crippen molar-refractivity contribution in [1.29, 1.82) is 0 Å². The summed E-state index contributed by atoms with van der Waals surface area (Å²) in [6.45, 7) is 11.6. The number of allylic oxidation sites excluding steroid dienone is 5. The van der Waals surface area contributed by atoms with Crippen LogP contribution in [0, 0.1) is 6.92 Å². The molecule has 4 rings (SSSR count). The van der Waals surface area contributed by atoms with Crippen molar-refractivity contribution in [3.63, 3.8) is 0 Å². The maximum atomic E-state index is 5.37. The lowest BCUT2D eigenvalue weighted by molar-refractivity contribution is 0.621. The first-order valence-electron chi connectivity index (χ1n) is 13.9. The number of nitrogens with two attached hydrogens (primary N) is 1. The molecule has 0 aliphatic carbocycles. The second kappa shape index (κ2) is 15.0. The van der Waals surface area contributed by atoms with E-state index < -0.39 is 0 Å². The van der Waals surface area contributed by atoms with Crippen LogP contribution in [0.2, 0.25) is 0 Å². The number of dihydropyridines is 1. The number of nitrogens with one attached hydrogen (secondary N) is 1. The van der Waals surface area contributed by atoms with Crippen LogP contribution < -0.4 is 11.1 Å². The van der Waals surface area contributed by atoms with E-state index in [2.05, 4.69) is 137 Å². The van der Waals surface area contributed by atoms with Crippen molar-refractivity contribution in [2.75, 3.05) is 6.54 Å². The van der Waals surface area contributed by atoms with Gasteiger partial charge in [-0.25, -0.2) is 0 Å². The molecular formula is C36H44N2. The van der Waals surface area contributed by atoms with Crippen LogP contribution in [0.3, 0.4) is 0 Å². The highest BCUT2D eigenvalue weighted by Gasteiger charge is 2.20. The molecule has 2 nitrogen and oxygen atoms in total. The second-order valence-electron chi connectivity index (χ2n) is 9.89. The van der Waals surface area contributed by atoms with Crippen molar-refractivity contribution < 1.29 is 0 Å². The Hall–Kier alpha value is -3.62. The predicted molar refractivity (Wildman–Crippen MR) is 167 cm³/mol. The number of benzene rings is 3. The maximum absolute atomic E-state index is 5.37. The number of hydrogen-bond donors (Lipinski definition) is 2. The minimum atomic E-state index is 0.259. The van der Waals surface area contributed by atoms with Crippen LogP contribution in [0.5, 0.6) is 0 Å². The van der Waals surface area contributed by atoms with Crippen LogP contribution in [0.4, 0.5) is 0 Å². The van der Waals surface area contributed by atoms with Crippen LogP contribution >= 0.6 is 0 Å². The van der Waals surface area contributed by atoms with E-state index in [0.29, 0.717) is 12.5 Å². The molecule has 2 heteroatoms. The highest BCUT2D eigenvalue weighted by molar-refractivity contribution is 5.79. The first-order chi connectivity index (χ1) is 18.5. The van der Waals surface area contributed by atoms with Crippen molar-refractivity contribution in [3.05, 3.63) is 143 Å². The van der Waals surface area contributed by atoms with Gasteiger partial charge in [0.2, 0.25) is 0 Å². The van der Waals surface area contributed by atoms with Gasteiger partial charge in [0.15, 0.2) is 0 Å². The van der Waals surface area contributed by atoms with Crippen molar-refractivity contribution in [2.45, 2.75) is 59.4 Å². The lowest BCUT2D eigenvalue weighted by Gasteiger charge is -2.27. The van der Waals surface area contributed by atoms with Crippen molar-refractivity contribution in [2.24, 2.45) is 5.73 Å². The molecule has 0 saturated heterocycles. The molecule has 0 bridgehead atoms. The summed E-state index contributed by atoms with van der Waals surface area (Å²) < 4.78 is 0. The van der Waals surface area contributed by atoms with E-state index in [4.69, 9.17) is 5.73 Å². The zero-order chi connectivity index (χ0) is 27.3. The van der Waals surface area contributed by atoms with E-state index >= 15 is 0 Å². The summed E-state index contributed by atoms with van der Waals surface area (Å²) in [6.07, 6.45) is 13.0. The topological polar surface area (TPSA) is 38.0 Å². The second-order valence-corrected chi connectivity index (χ2v) is 9.89. The zero-order valence-electron chi connectivity index (χ0n) is 23.7. The Balaban J connectivity index is 0.000000244. The van der Waals surface area contributed by atoms with Crippen LogP contribution in [-0.2, 0) is 0 Å². The molecule has 0 radical (unpaired) electrons. The molecule has 1 aliphatic rings. The highest BCUT2D eigenvalue weighted by atomic mass is 14.9. The van der Waals surface area contributed by atoms with Gasteiger partial charge in [0, 0.05) is 18.3 Å². The molecule has 1 atom stereocenters. The zero-order valence-corrected chi connectivity index (χ0v) is 23.7. The molecule has 3 N–H and O–H groups in total. The minimum absolute atomic E-state index is 0.259. The molecule has 0 aromatic heterocycles. The Morgan fingerprint density at radius 3 is 2.21 bits per heavy atom. The van der Waals surface area contributed by atoms with Gasteiger partial charge in [0.1, 0.15) is 0 Å². The summed E-state index contributed by atoms with van der Waals surface area (Å²) in [5, 5.41) is 3.62. The van der Waals surface area contributed by atoms with Gasteiger partial charge in [0.25, 0.3) is 0 Å². The molecule has 1 aliphatic heterocycles. The minimum Gasteiger partial charge on any atom is -0.380 e. The molecule has 1 unspecified atom stereocenters. The highest BCUT2D eigenvalue weighted by Crippen LogP contribution is 2.34. The fourth-order valence-corrected chi connectivity index (χ4v) is 5.07. The third kappa shape index (κ3) is 7.69. The van der Waals surface area contributed by atoms with E-state index in [1.54, 1.807) is 0 Å². The molecule has 1 heterocycles. The normalized spacial score (nSPS) is 15.4. The van der Waals surface area contributed by atoms with Gasteiger partial charge in [-0.3, -0.25) is 0 Å². The number of rotatable bonds is 8. The standard InChI is InChI=1S/C23H27N.C13H17N/c1-4-18(5-2)20-13-9-10-14-21(20)23-15-17(3)22(16-24-23)19-11-7-6-8-12-19;1-11-7-3-4-9-13(11)12(2)8-5-6-10-14/h6-16,18,23-24H,4-5H2,1-3H3;3-9H,10,14H2,1-2H3/b;6-5-,12-8+. The number of aryl methyl sites for hydroxylation is 1. The summed E-state index contributed by atoms with van der Waals surface area (Å²) in [7, 11) is 0. The summed E-state index contributed by atoms with van der Waals surface area (Å²) in [6, 6.07) is 28.1. The average Bonchev–Trinajstić information content (AvgIpc) is 2.95. The largest absolute Gasteiger partial charge is 0.380 e. The Morgan fingerprint density at radius 2 is 1.55 bits per heavy atom. The molecule has 0 saturated carbocycles. The quantitative estimate of drug-likeness (QED) is 0.300. The van der Waals surface area contributed by atoms with Crippen LogP contribution in [0.25, 0.3) is 11.1 Å². The summed E-state index contributed by atoms with van der Waals surface area (Å²) >= 11 is 0. The first-order valence-corrected chi connectivity index (χ1v) is 13.9. The molecule has 3 aromatic carbocycles. The number of hydrogen-bond acceptors (Lipinski definition) is 2. The molecule has 0 fully saturated rings. The molecule has 0 spiro atoms. The molecular weight excluding hydrogens is 460 g/mol. The predicted octanol–water partition coefficient (Wildman–Crippen LogP) is 9.14. The van der Waals surface area contributed by atoms with Crippen LogP contribution in [0.15, 0.2) is 115 Å². The lowest BCUT2D eigenvalue weighted by atomic mass is 9.85. The SMILES string of the molecule is C/C(=C\C=C/CN)c1ccccc1C.CCC(CC)c1ccccc1C1C=C(C)C(c2ccccc2)=CN1. The Kier molecular flexibility index (Phi) is 11.4. The fraction of sp³-hybridized carbons (Fsp3) is 0.278. The van der Waals surface area contributed by atoms with Crippen LogP contribution in [0.1, 0.15) is 80.3 Å². The van der Waals surface area contributed by atoms with Crippen LogP contribution in [-0.4, -0.2) is 6.54 Å². The van der Waals surface area contributed by atoms with Gasteiger partial charge < -0.3 is 11.1 Å². The van der Waals surface area contributed by atoms with Gasteiger partial charge in [0.05, 0.1) is 6.04 Å². The molecule has 0 amide bonds. The van der Waals surface area contributed by atoms with Gasteiger partial charge in [-0.2, -0.15) is 0 Å². The summed E-state index contributed by atoms with van der Waals surface area (Å²) in [4.78, 5) is 0. The Labute approximate surface area is 230 Å². The van der Waals surface area contributed by atoms with E-state index in [1.165, 1.54) is 57.4 Å². The average molecular weight is 505 g/mol. The Morgan fingerprint density at radius 1 is 0.895 bits per heavy atom. The fourth-order valence-electron chi connectivity index (χ4n) is 5.07. The van der Waals surface area contributed by atoms with Gasteiger partial charge in [-0.1, -0.05) is 117 Å². The molecule has 38 heavy (non-hydrogen) atoms. The van der Waals surface area contributed by atoms with Gasteiger partial charge in [-0.05, 0) is 78.5 Å². The van der Waals surface area contributed by atoms with E-state index in [0.717, 1.165) is 0 Å². The first kappa shape index (κ1) is 28.9. The van der Waals surface area contributed by atoms with Crippen molar-refractivity contribution >= 4 is 11.1 Å². The van der Waals surface area contributed by atoms with Gasteiger partial charge >= 0.3 is 0 Å². The lowest BCUT2D eigenvalue weighted by Crippen LogP contribution is -2.20. The van der Waals surface area contributed by atoms with E-state index in [1.807, 2.05) is 12.2 Å². The molecule has 3 aromatic rings. The van der Waals surface area contributed by atoms with E-state index in [-0.39, 0.29) is 6.04 Å².